The molecule has 0 unspecified atom stereocenters. The lowest BCUT2D eigenvalue weighted by atomic mass is 9.95. The number of aromatic nitrogens is 5. The number of halogens is 1. The summed E-state index contributed by atoms with van der Waals surface area (Å²) in [6.07, 6.45) is 6.28. The zero-order valence-corrected chi connectivity index (χ0v) is 16.5. The summed E-state index contributed by atoms with van der Waals surface area (Å²) in [4.78, 5) is 2.49. The van der Waals surface area contributed by atoms with Crippen molar-refractivity contribution in [3.8, 4) is 0 Å². The van der Waals surface area contributed by atoms with Gasteiger partial charge in [-0.3, -0.25) is 9.58 Å². The molecule has 2 aliphatic rings. The van der Waals surface area contributed by atoms with Gasteiger partial charge < -0.3 is 9.88 Å². The van der Waals surface area contributed by atoms with Crippen molar-refractivity contribution in [3.05, 3.63) is 65.3 Å². The van der Waals surface area contributed by atoms with Crippen molar-refractivity contribution in [1.82, 2.24) is 34.8 Å². The highest BCUT2D eigenvalue weighted by Gasteiger charge is 2.27. The van der Waals surface area contributed by atoms with Crippen molar-refractivity contribution in [3.63, 3.8) is 0 Å². The van der Waals surface area contributed by atoms with Crippen LogP contribution in [0.1, 0.15) is 41.5 Å². The number of likely N-dealkylation sites (tertiary alicyclic amines) is 1. The summed E-state index contributed by atoms with van der Waals surface area (Å²) in [6, 6.07) is 6.60. The van der Waals surface area contributed by atoms with Gasteiger partial charge in [-0.15, -0.1) is 10.2 Å². The molecular formula is C21H26FN7. The van der Waals surface area contributed by atoms with Gasteiger partial charge in [0, 0.05) is 37.3 Å². The molecule has 152 valence electrons. The summed E-state index contributed by atoms with van der Waals surface area (Å²) in [5, 5.41) is 16.7. The third kappa shape index (κ3) is 4.09. The number of hydrogen-bond acceptors (Lipinski definition) is 5. The van der Waals surface area contributed by atoms with Crippen LogP contribution in [0.15, 0.2) is 36.7 Å². The Morgan fingerprint density at radius 2 is 1.83 bits per heavy atom. The number of hydrogen-bond donors (Lipinski definition) is 1. The van der Waals surface area contributed by atoms with Crippen molar-refractivity contribution in [1.29, 1.82) is 0 Å². The number of nitrogens with one attached hydrogen (secondary N) is 1. The molecule has 0 saturated carbocycles. The van der Waals surface area contributed by atoms with E-state index in [9.17, 15) is 4.39 Å². The Balaban J connectivity index is 1.16. The van der Waals surface area contributed by atoms with Crippen LogP contribution in [0.5, 0.6) is 0 Å². The van der Waals surface area contributed by atoms with Crippen LogP contribution in [0.2, 0.25) is 0 Å². The van der Waals surface area contributed by atoms with Gasteiger partial charge in [-0.05, 0) is 43.6 Å². The monoisotopic (exact) mass is 395 g/mol. The summed E-state index contributed by atoms with van der Waals surface area (Å²) in [6.45, 7) is 6.51. The zero-order chi connectivity index (χ0) is 19.6. The van der Waals surface area contributed by atoms with Gasteiger partial charge in [0.2, 0.25) is 0 Å². The van der Waals surface area contributed by atoms with Crippen LogP contribution in [0.3, 0.4) is 0 Å². The zero-order valence-electron chi connectivity index (χ0n) is 16.5. The van der Waals surface area contributed by atoms with Gasteiger partial charge in [-0.1, -0.05) is 12.1 Å². The molecule has 2 aromatic heterocycles. The number of piperidine rings is 1. The average molecular weight is 395 g/mol. The maximum Gasteiger partial charge on any atom is 0.147 e. The van der Waals surface area contributed by atoms with E-state index in [1.807, 2.05) is 10.9 Å². The van der Waals surface area contributed by atoms with E-state index >= 15 is 0 Å². The topological polar surface area (TPSA) is 63.8 Å². The Morgan fingerprint density at radius 3 is 2.66 bits per heavy atom. The highest BCUT2D eigenvalue weighted by atomic mass is 19.1. The van der Waals surface area contributed by atoms with Gasteiger partial charge in [-0.25, -0.2) is 4.39 Å². The first-order valence-electron chi connectivity index (χ1n) is 10.4. The van der Waals surface area contributed by atoms with Crippen LogP contribution in [0.4, 0.5) is 4.39 Å². The molecule has 0 aliphatic carbocycles. The van der Waals surface area contributed by atoms with Gasteiger partial charge in [0.05, 0.1) is 19.3 Å². The van der Waals surface area contributed by atoms with E-state index in [4.69, 9.17) is 0 Å². The van der Waals surface area contributed by atoms with Crippen LogP contribution in [-0.2, 0) is 26.2 Å². The van der Waals surface area contributed by atoms with Gasteiger partial charge in [0.1, 0.15) is 17.5 Å². The first kappa shape index (κ1) is 18.4. The van der Waals surface area contributed by atoms with E-state index in [-0.39, 0.29) is 5.82 Å². The van der Waals surface area contributed by atoms with E-state index in [2.05, 4.69) is 36.3 Å². The summed E-state index contributed by atoms with van der Waals surface area (Å²) in [5.41, 5.74) is 2.27. The Labute approximate surface area is 169 Å². The maximum atomic E-state index is 13.1. The molecule has 7 nitrogen and oxygen atoms in total. The second kappa shape index (κ2) is 8.04. The Bertz CT molecular complexity index is 954. The fourth-order valence-electron chi connectivity index (χ4n) is 4.38. The first-order chi connectivity index (χ1) is 14.2. The fraction of sp³-hybridized carbons (Fsp3) is 0.476. The molecule has 0 radical (unpaired) electrons. The molecule has 29 heavy (non-hydrogen) atoms. The number of rotatable bonds is 5. The van der Waals surface area contributed by atoms with Crippen LogP contribution >= 0.6 is 0 Å². The Kier molecular flexibility index (Phi) is 5.12. The standard InChI is InChI=1S/C21H26FN7/c22-19-3-1-16(2-4-19)14-28-15-17(11-24-28)13-27-8-5-18(6-9-27)21-26-25-20-12-23-7-10-29(20)21/h1-4,11,15,18,23H,5-10,12-14H2. The second-order valence-electron chi connectivity index (χ2n) is 8.03. The minimum absolute atomic E-state index is 0.207. The van der Waals surface area contributed by atoms with Gasteiger partial charge >= 0.3 is 0 Å². The van der Waals surface area contributed by atoms with Crippen molar-refractivity contribution >= 4 is 0 Å². The molecule has 2 aliphatic heterocycles. The molecule has 0 amide bonds. The normalized spacial score (nSPS) is 18.1. The summed E-state index contributed by atoms with van der Waals surface area (Å²) in [5.74, 6) is 2.55. The van der Waals surface area contributed by atoms with E-state index < -0.39 is 0 Å². The molecule has 0 bridgehead atoms. The van der Waals surface area contributed by atoms with Crippen molar-refractivity contribution < 1.29 is 4.39 Å². The lowest BCUT2D eigenvalue weighted by molar-refractivity contribution is 0.199. The SMILES string of the molecule is Fc1ccc(Cn2cc(CN3CCC(c4nnc5n4CCNC5)CC3)cn2)cc1. The van der Waals surface area contributed by atoms with Gasteiger partial charge in [0.25, 0.3) is 0 Å². The largest absolute Gasteiger partial charge is 0.312 e. The van der Waals surface area contributed by atoms with Crippen molar-refractivity contribution in [2.45, 2.75) is 44.9 Å². The van der Waals surface area contributed by atoms with E-state index in [0.717, 1.165) is 63.5 Å². The minimum atomic E-state index is -0.207. The van der Waals surface area contributed by atoms with Crippen LogP contribution in [0, 0.1) is 5.82 Å². The third-order valence-electron chi connectivity index (χ3n) is 5.95. The average Bonchev–Trinajstić information content (AvgIpc) is 3.37. The van der Waals surface area contributed by atoms with Crippen LogP contribution in [-0.4, -0.2) is 49.1 Å². The smallest absolute Gasteiger partial charge is 0.147 e. The van der Waals surface area contributed by atoms with Crippen molar-refractivity contribution in [2.24, 2.45) is 0 Å². The van der Waals surface area contributed by atoms with E-state index in [1.165, 1.54) is 23.5 Å². The summed E-state index contributed by atoms with van der Waals surface area (Å²) >= 11 is 0. The summed E-state index contributed by atoms with van der Waals surface area (Å²) in [7, 11) is 0. The molecule has 1 aromatic carbocycles. The first-order valence-corrected chi connectivity index (χ1v) is 10.4. The highest BCUT2D eigenvalue weighted by Crippen LogP contribution is 2.28. The molecule has 1 saturated heterocycles. The predicted molar refractivity (Wildman–Crippen MR) is 107 cm³/mol. The molecule has 1 N–H and O–H groups in total. The lowest BCUT2D eigenvalue weighted by Crippen LogP contribution is -2.34. The lowest BCUT2D eigenvalue weighted by Gasteiger charge is -2.31. The molecule has 1 fully saturated rings. The Hall–Kier alpha value is -2.58. The molecule has 0 atom stereocenters. The predicted octanol–water partition coefficient (Wildman–Crippen LogP) is 2.14. The van der Waals surface area contributed by atoms with Crippen molar-refractivity contribution in [2.75, 3.05) is 19.6 Å². The molecule has 8 heteroatoms. The van der Waals surface area contributed by atoms with E-state index in [0.29, 0.717) is 12.5 Å². The second-order valence-corrected chi connectivity index (χ2v) is 8.03. The quantitative estimate of drug-likeness (QED) is 0.717. The number of nitrogens with zero attached hydrogens (tertiary/aromatic N) is 6. The van der Waals surface area contributed by atoms with Gasteiger partial charge in [-0.2, -0.15) is 5.10 Å². The van der Waals surface area contributed by atoms with Gasteiger partial charge in [0.15, 0.2) is 0 Å². The minimum Gasteiger partial charge on any atom is -0.312 e. The number of fused-ring (bicyclic) bond motifs is 1. The van der Waals surface area contributed by atoms with Crippen LogP contribution in [0.25, 0.3) is 0 Å². The Morgan fingerprint density at radius 1 is 1.00 bits per heavy atom. The highest BCUT2D eigenvalue weighted by molar-refractivity contribution is 5.17. The molecule has 0 spiro atoms. The third-order valence-corrected chi connectivity index (χ3v) is 5.95. The fourth-order valence-corrected chi connectivity index (χ4v) is 4.38. The molecule has 3 aromatic rings. The molecule has 5 rings (SSSR count). The molecular weight excluding hydrogens is 369 g/mol. The maximum absolute atomic E-state index is 13.1. The molecule has 4 heterocycles. The number of benzene rings is 1. The summed E-state index contributed by atoms with van der Waals surface area (Å²) < 4.78 is 17.3. The van der Waals surface area contributed by atoms with Crippen LogP contribution < -0.4 is 5.32 Å². The van der Waals surface area contributed by atoms with E-state index in [1.54, 1.807) is 12.1 Å².